The van der Waals surface area contributed by atoms with Gasteiger partial charge in [-0.15, -0.1) is 11.6 Å². The molecule has 0 bridgehead atoms. The summed E-state index contributed by atoms with van der Waals surface area (Å²) in [5, 5.41) is 2.53. The Hall–Kier alpha value is -1.87. The van der Waals surface area contributed by atoms with E-state index in [1.165, 1.54) is 18.2 Å². The van der Waals surface area contributed by atoms with Crippen LogP contribution in [0.1, 0.15) is 28.2 Å². The molecule has 0 heterocycles. The van der Waals surface area contributed by atoms with E-state index >= 15 is 0 Å². The third-order valence-corrected chi connectivity index (χ3v) is 2.96. The Morgan fingerprint density at radius 3 is 2.63 bits per heavy atom. The normalized spacial score (nSPS) is 11.9. The summed E-state index contributed by atoms with van der Waals surface area (Å²) < 4.78 is 13.1. The molecule has 1 N–H and O–H groups in total. The Labute approximate surface area is 116 Å². The van der Waals surface area contributed by atoms with Crippen molar-refractivity contribution in [3.05, 3.63) is 65.5 Å². The number of carbonyl (C=O) groups is 1. The molecule has 0 aromatic heterocycles. The van der Waals surface area contributed by atoms with Gasteiger partial charge in [-0.3, -0.25) is 4.79 Å². The highest BCUT2D eigenvalue weighted by Gasteiger charge is 2.11. The second-order valence-corrected chi connectivity index (χ2v) is 4.82. The highest BCUT2D eigenvalue weighted by Crippen LogP contribution is 2.27. The molecule has 4 heteroatoms. The number of hydrogen-bond donors (Lipinski definition) is 1. The lowest BCUT2D eigenvalue weighted by molar-refractivity contribution is 0.102. The van der Waals surface area contributed by atoms with Gasteiger partial charge in [-0.25, -0.2) is 4.39 Å². The van der Waals surface area contributed by atoms with Crippen molar-refractivity contribution in [1.82, 2.24) is 0 Å². The average Bonchev–Trinajstić information content (AvgIpc) is 2.39. The van der Waals surface area contributed by atoms with Crippen LogP contribution in [-0.4, -0.2) is 5.91 Å². The minimum Gasteiger partial charge on any atom is -0.322 e. The Balaban J connectivity index is 2.24. The fraction of sp³-hybridized carbons (Fsp3) is 0.133. The van der Waals surface area contributed by atoms with E-state index in [-0.39, 0.29) is 16.8 Å². The van der Waals surface area contributed by atoms with Crippen LogP contribution < -0.4 is 5.32 Å². The van der Waals surface area contributed by atoms with E-state index in [2.05, 4.69) is 5.32 Å². The number of anilines is 1. The summed E-state index contributed by atoms with van der Waals surface area (Å²) in [6, 6.07) is 12.8. The molecule has 0 aliphatic heterocycles. The first-order chi connectivity index (χ1) is 9.08. The molecule has 2 aromatic carbocycles. The van der Waals surface area contributed by atoms with Crippen LogP contribution in [0.25, 0.3) is 0 Å². The topological polar surface area (TPSA) is 29.1 Å². The first-order valence-corrected chi connectivity index (χ1v) is 6.31. The van der Waals surface area contributed by atoms with E-state index in [0.29, 0.717) is 5.69 Å². The van der Waals surface area contributed by atoms with Crippen molar-refractivity contribution in [2.45, 2.75) is 12.3 Å². The van der Waals surface area contributed by atoms with E-state index in [9.17, 15) is 9.18 Å². The van der Waals surface area contributed by atoms with E-state index < -0.39 is 5.82 Å². The Morgan fingerprint density at radius 1 is 1.21 bits per heavy atom. The molecule has 2 nitrogen and oxygen atoms in total. The molecule has 19 heavy (non-hydrogen) atoms. The monoisotopic (exact) mass is 277 g/mol. The zero-order valence-electron chi connectivity index (χ0n) is 10.4. The highest BCUT2D eigenvalue weighted by atomic mass is 35.5. The van der Waals surface area contributed by atoms with Gasteiger partial charge in [0.15, 0.2) is 0 Å². The number of carbonyl (C=O) groups excluding carboxylic acids is 1. The summed E-state index contributed by atoms with van der Waals surface area (Å²) in [7, 11) is 0. The smallest absolute Gasteiger partial charge is 0.255 e. The Kier molecular flexibility index (Phi) is 4.17. The number of rotatable bonds is 3. The van der Waals surface area contributed by atoms with Gasteiger partial charge < -0.3 is 5.32 Å². The fourth-order valence-corrected chi connectivity index (χ4v) is 1.97. The van der Waals surface area contributed by atoms with Gasteiger partial charge in [0.2, 0.25) is 0 Å². The van der Waals surface area contributed by atoms with Crippen molar-refractivity contribution in [3.8, 4) is 0 Å². The maximum Gasteiger partial charge on any atom is 0.255 e. The second-order valence-electron chi connectivity index (χ2n) is 4.17. The molecule has 0 radical (unpaired) electrons. The molecule has 1 amide bonds. The lowest BCUT2D eigenvalue weighted by Crippen LogP contribution is -2.13. The van der Waals surface area contributed by atoms with Gasteiger partial charge >= 0.3 is 0 Å². The Morgan fingerprint density at radius 2 is 1.95 bits per heavy atom. The third kappa shape index (κ3) is 3.32. The summed E-state index contributed by atoms with van der Waals surface area (Å²) in [4.78, 5) is 12.0. The predicted molar refractivity (Wildman–Crippen MR) is 75.1 cm³/mol. The standard InChI is InChI=1S/C15H13ClFNO/c1-10(16)13-7-2-3-8-14(13)18-15(19)11-5-4-6-12(17)9-11/h2-10H,1H3,(H,18,19). The summed E-state index contributed by atoms with van der Waals surface area (Å²) in [5.41, 5.74) is 1.74. The van der Waals surface area contributed by atoms with Gasteiger partial charge in [0.05, 0.1) is 5.38 Å². The van der Waals surface area contributed by atoms with Crippen molar-refractivity contribution >= 4 is 23.2 Å². The molecule has 98 valence electrons. The van der Waals surface area contributed by atoms with Crippen molar-refractivity contribution < 1.29 is 9.18 Å². The van der Waals surface area contributed by atoms with Gasteiger partial charge in [0.25, 0.3) is 5.91 Å². The van der Waals surface area contributed by atoms with E-state index in [0.717, 1.165) is 5.56 Å². The first kappa shape index (κ1) is 13.6. The van der Waals surface area contributed by atoms with Crippen LogP contribution in [0.4, 0.5) is 10.1 Å². The average molecular weight is 278 g/mol. The van der Waals surface area contributed by atoms with Crippen LogP contribution in [0.2, 0.25) is 0 Å². The third-order valence-electron chi connectivity index (χ3n) is 2.72. The van der Waals surface area contributed by atoms with Crippen molar-refractivity contribution in [3.63, 3.8) is 0 Å². The molecule has 0 saturated heterocycles. The van der Waals surface area contributed by atoms with Crippen LogP contribution in [0.5, 0.6) is 0 Å². The Bertz CT molecular complexity index is 598. The number of nitrogens with one attached hydrogen (secondary N) is 1. The number of hydrogen-bond acceptors (Lipinski definition) is 1. The van der Waals surface area contributed by atoms with Crippen LogP contribution in [-0.2, 0) is 0 Å². The molecule has 1 unspecified atom stereocenters. The lowest BCUT2D eigenvalue weighted by Gasteiger charge is -2.12. The van der Waals surface area contributed by atoms with Gasteiger partial charge in [0, 0.05) is 11.3 Å². The molecule has 0 saturated carbocycles. The van der Waals surface area contributed by atoms with E-state index in [1.807, 2.05) is 25.1 Å². The maximum absolute atomic E-state index is 13.1. The number of para-hydroxylation sites is 1. The number of alkyl halides is 1. The van der Waals surface area contributed by atoms with Gasteiger partial charge in [-0.2, -0.15) is 0 Å². The van der Waals surface area contributed by atoms with Crippen molar-refractivity contribution in [2.24, 2.45) is 0 Å². The predicted octanol–water partition coefficient (Wildman–Crippen LogP) is 4.38. The largest absolute Gasteiger partial charge is 0.322 e. The molecule has 2 rings (SSSR count). The van der Waals surface area contributed by atoms with Crippen molar-refractivity contribution in [2.75, 3.05) is 5.32 Å². The van der Waals surface area contributed by atoms with Gasteiger partial charge in [-0.1, -0.05) is 24.3 Å². The first-order valence-electron chi connectivity index (χ1n) is 5.88. The maximum atomic E-state index is 13.1. The van der Waals surface area contributed by atoms with Crippen molar-refractivity contribution in [1.29, 1.82) is 0 Å². The zero-order chi connectivity index (χ0) is 13.8. The minimum atomic E-state index is -0.438. The van der Waals surface area contributed by atoms with Crippen LogP contribution in [0, 0.1) is 5.82 Å². The molecule has 0 aliphatic rings. The summed E-state index contributed by atoms with van der Waals surface area (Å²) >= 11 is 6.05. The van der Waals surface area contributed by atoms with Crippen LogP contribution >= 0.6 is 11.6 Å². The van der Waals surface area contributed by atoms with Crippen LogP contribution in [0.3, 0.4) is 0 Å². The quantitative estimate of drug-likeness (QED) is 0.829. The SMILES string of the molecule is CC(Cl)c1ccccc1NC(=O)c1cccc(F)c1. The number of benzene rings is 2. The molecule has 2 aromatic rings. The second kappa shape index (κ2) is 5.85. The lowest BCUT2D eigenvalue weighted by atomic mass is 10.1. The van der Waals surface area contributed by atoms with E-state index in [4.69, 9.17) is 11.6 Å². The summed E-state index contributed by atoms with van der Waals surface area (Å²) in [6.45, 7) is 1.83. The van der Waals surface area contributed by atoms with Gasteiger partial charge in [-0.05, 0) is 36.8 Å². The number of halogens is 2. The van der Waals surface area contributed by atoms with E-state index in [1.54, 1.807) is 12.1 Å². The molecule has 1 atom stereocenters. The molecule has 0 fully saturated rings. The summed E-state index contributed by atoms with van der Waals surface area (Å²) in [5.74, 6) is -0.795. The fourth-order valence-electron chi connectivity index (χ4n) is 1.78. The molecular weight excluding hydrogens is 265 g/mol. The zero-order valence-corrected chi connectivity index (χ0v) is 11.1. The van der Waals surface area contributed by atoms with Crippen LogP contribution in [0.15, 0.2) is 48.5 Å². The minimum absolute atomic E-state index is 0.219. The number of amides is 1. The summed E-state index contributed by atoms with van der Waals surface area (Å²) in [6.07, 6.45) is 0. The molecule has 0 aliphatic carbocycles. The molecule has 0 spiro atoms. The van der Waals surface area contributed by atoms with Gasteiger partial charge in [0.1, 0.15) is 5.82 Å². The highest BCUT2D eigenvalue weighted by molar-refractivity contribution is 6.21. The molecular formula is C15H13ClFNO.